The Hall–Kier alpha value is -1.96. The molecule has 2 unspecified atom stereocenters. The van der Waals surface area contributed by atoms with E-state index in [-0.39, 0.29) is 12.3 Å². The average molecular weight is 762 g/mol. The fraction of sp³-hybridized carbons (Fsp3) is 0.761. The van der Waals surface area contributed by atoms with Crippen molar-refractivity contribution < 1.29 is 22.9 Å². The normalized spacial score (nSPS) is 13.8. The smallest absolute Gasteiger partial charge is 0.267 e. The van der Waals surface area contributed by atoms with Gasteiger partial charge in [0.2, 0.25) is 5.91 Å². The molecule has 0 spiro atoms. The van der Waals surface area contributed by atoms with Gasteiger partial charge in [-0.2, -0.15) is 8.42 Å². The van der Waals surface area contributed by atoms with Crippen LogP contribution in [0.5, 0.6) is 0 Å². The number of carbonyl (C=O) groups excluding carboxylic acids is 1. The second kappa shape index (κ2) is 39.7. The van der Waals surface area contributed by atoms with E-state index in [1.807, 2.05) is 6.08 Å². The molecular weight excluding hydrogens is 679 g/mol. The van der Waals surface area contributed by atoms with E-state index in [4.69, 9.17) is 0 Å². The highest BCUT2D eigenvalue weighted by atomic mass is 32.2. The van der Waals surface area contributed by atoms with E-state index in [2.05, 4.69) is 67.8 Å². The summed E-state index contributed by atoms with van der Waals surface area (Å²) >= 11 is 0. The van der Waals surface area contributed by atoms with E-state index in [0.29, 0.717) is 6.42 Å². The van der Waals surface area contributed by atoms with Gasteiger partial charge in [0, 0.05) is 6.42 Å². The van der Waals surface area contributed by atoms with Crippen LogP contribution in [-0.4, -0.2) is 41.9 Å². The Balaban J connectivity index is 3.93. The van der Waals surface area contributed by atoms with Gasteiger partial charge in [-0.05, 0) is 70.6 Å². The molecule has 53 heavy (non-hydrogen) atoms. The molecule has 0 aliphatic heterocycles. The average Bonchev–Trinajstić information content (AvgIpc) is 3.12. The van der Waals surface area contributed by atoms with Crippen molar-refractivity contribution in [2.24, 2.45) is 0 Å². The highest BCUT2D eigenvalue weighted by molar-refractivity contribution is 7.85. The predicted molar refractivity (Wildman–Crippen MR) is 230 cm³/mol. The zero-order valence-electron chi connectivity index (χ0n) is 34.4. The molecule has 0 rings (SSSR count). The molecule has 2 atom stereocenters. The Bertz CT molecular complexity index is 1060. The SMILES string of the molecule is CCCCCCC/C=C\C/C=C\C/C=C\CCCCCCCCCCC(=O)NC(CS(=O)(=O)O)C(O)/C=C/CC/C=C/CCCCCCCCCCC. The molecule has 0 aromatic rings. The van der Waals surface area contributed by atoms with Crippen LogP contribution >= 0.6 is 0 Å². The van der Waals surface area contributed by atoms with Crippen LogP contribution in [0, 0.1) is 0 Å². The Morgan fingerprint density at radius 3 is 1.32 bits per heavy atom. The first kappa shape index (κ1) is 51.0. The van der Waals surface area contributed by atoms with Gasteiger partial charge >= 0.3 is 0 Å². The van der Waals surface area contributed by atoms with E-state index >= 15 is 0 Å². The number of hydrogen-bond donors (Lipinski definition) is 3. The molecule has 0 aromatic carbocycles. The summed E-state index contributed by atoms with van der Waals surface area (Å²) in [5.74, 6) is -1.01. The molecule has 0 aliphatic carbocycles. The number of rotatable bonds is 39. The maximum atomic E-state index is 12.5. The summed E-state index contributed by atoms with van der Waals surface area (Å²) in [4.78, 5) is 12.5. The fourth-order valence-electron chi connectivity index (χ4n) is 6.35. The molecule has 0 radical (unpaired) electrons. The maximum Gasteiger partial charge on any atom is 0.267 e. The van der Waals surface area contributed by atoms with Crippen LogP contribution < -0.4 is 5.32 Å². The monoisotopic (exact) mass is 762 g/mol. The number of unbranched alkanes of at least 4 members (excludes halogenated alkanes) is 23. The van der Waals surface area contributed by atoms with Crippen LogP contribution in [0.15, 0.2) is 60.8 Å². The number of aliphatic hydroxyl groups is 1. The number of aliphatic hydroxyl groups excluding tert-OH is 1. The van der Waals surface area contributed by atoms with Crippen molar-refractivity contribution in [2.75, 3.05) is 5.75 Å². The van der Waals surface area contributed by atoms with Gasteiger partial charge < -0.3 is 10.4 Å². The van der Waals surface area contributed by atoms with Crippen molar-refractivity contribution in [1.82, 2.24) is 5.32 Å². The quantitative estimate of drug-likeness (QED) is 0.0329. The van der Waals surface area contributed by atoms with E-state index in [1.165, 1.54) is 128 Å². The van der Waals surface area contributed by atoms with E-state index in [9.17, 15) is 22.9 Å². The van der Waals surface area contributed by atoms with Crippen molar-refractivity contribution in [3.05, 3.63) is 60.8 Å². The van der Waals surface area contributed by atoms with Gasteiger partial charge in [-0.15, -0.1) is 0 Å². The number of carbonyl (C=O) groups is 1. The molecule has 0 fully saturated rings. The van der Waals surface area contributed by atoms with Crippen LogP contribution in [0.2, 0.25) is 0 Å². The second-order valence-electron chi connectivity index (χ2n) is 15.0. The third-order valence-corrected chi connectivity index (χ3v) is 10.4. The summed E-state index contributed by atoms with van der Waals surface area (Å²) in [6, 6.07) is -1.08. The first-order chi connectivity index (χ1) is 25.8. The Labute approximate surface area is 328 Å². The molecule has 3 N–H and O–H groups in total. The van der Waals surface area contributed by atoms with Crippen LogP contribution in [0.3, 0.4) is 0 Å². The minimum atomic E-state index is -4.36. The molecule has 0 aromatic heterocycles. The summed E-state index contributed by atoms with van der Waals surface area (Å²) < 4.78 is 32.5. The highest BCUT2D eigenvalue weighted by Gasteiger charge is 2.24. The topological polar surface area (TPSA) is 104 Å². The molecule has 0 bridgehead atoms. The summed E-state index contributed by atoms with van der Waals surface area (Å²) in [5.41, 5.74) is 0. The molecular formula is C46H83NO5S. The van der Waals surface area contributed by atoms with Gasteiger partial charge in [0.1, 0.15) is 0 Å². The Kier molecular flexibility index (Phi) is 38.3. The first-order valence-corrected chi connectivity index (χ1v) is 23.6. The standard InChI is InChI=1S/C46H83NO5S/c1-3-5-7-9-11-13-15-17-19-20-21-22-23-24-25-26-28-30-32-34-36-38-40-42-46(49)47-44(43-53(50,51)52)45(48)41-39-37-35-33-31-29-27-18-16-14-12-10-8-6-4-2/h15,17,20-21,23-24,31,33,39,41,44-45,48H,3-14,16,18-19,22,25-30,32,34-38,40,42-43H2,1-2H3,(H,47,49)(H,50,51,52)/b17-15-,21-20-,24-23-,33-31+,41-39+. The summed E-state index contributed by atoms with van der Waals surface area (Å²) in [5, 5.41) is 13.2. The molecule has 308 valence electrons. The molecule has 7 heteroatoms. The maximum absolute atomic E-state index is 12.5. The molecule has 6 nitrogen and oxygen atoms in total. The molecule has 0 saturated carbocycles. The Morgan fingerprint density at radius 2 is 0.868 bits per heavy atom. The van der Waals surface area contributed by atoms with Gasteiger partial charge in [0.15, 0.2) is 0 Å². The molecule has 0 heterocycles. The van der Waals surface area contributed by atoms with Crippen LogP contribution in [-0.2, 0) is 14.9 Å². The van der Waals surface area contributed by atoms with Gasteiger partial charge in [-0.3, -0.25) is 9.35 Å². The molecule has 0 aliphatic rings. The van der Waals surface area contributed by atoms with E-state index < -0.39 is 28.0 Å². The zero-order chi connectivity index (χ0) is 38.9. The zero-order valence-corrected chi connectivity index (χ0v) is 35.2. The lowest BCUT2D eigenvalue weighted by atomic mass is 10.1. The van der Waals surface area contributed by atoms with Gasteiger partial charge in [0.25, 0.3) is 10.1 Å². The van der Waals surface area contributed by atoms with Gasteiger partial charge in [-0.1, -0.05) is 190 Å². The number of nitrogens with one attached hydrogen (secondary N) is 1. The van der Waals surface area contributed by atoms with Crippen molar-refractivity contribution >= 4 is 16.0 Å². The highest BCUT2D eigenvalue weighted by Crippen LogP contribution is 2.13. The van der Waals surface area contributed by atoms with Crippen LogP contribution in [0.25, 0.3) is 0 Å². The van der Waals surface area contributed by atoms with Crippen LogP contribution in [0.1, 0.15) is 206 Å². The largest absolute Gasteiger partial charge is 0.387 e. The lowest BCUT2D eigenvalue weighted by molar-refractivity contribution is -0.122. The number of hydrogen-bond acceptors (Lipinski definition) is 4. The van der Waals surface area contributed by atoms with Crippen molar-refractivity contribution in [3.8, 4) is 0 Å². The van der Waals surface area contributed by atoms with Gasteiger partial charge in [0.05, 0.1) is 17.9 Å². The molecule has 1 amide bonds. The third-order valence-electron chi connectivity index (χ3n) is 9.67. The fourth-order valence-corrected chi connectivity index (χ4v) is 7.09. The summed E-state index contributed by atoms with van der Waals surface area (Å²) in [6.07, 6.45) is 54.9. The minimum Gasteiger partial charge on any atom is -0.387 e. The van der Waals surface area contributed by atoms with Crippen molar-refractivity contribution in [3.63, 3.8) is 0 Å². The summed E-state index contributed by atoms with van der Waals surface area (Å²) in [7, 11) is -4.36. The van der Waals surface area contributed by atoms with Gasteiger partial charge in [-0.25, -0.2) is 0 Å². The third kappa shape index (κ3) is 41.1. The number of amides is 1. The van der Waals surface area contributed by atoms with Crippen LogP contribution in [0.4, 0.5) is 0 Å². The van der Waals surface area contributed by atoms with Crippen molar-refractivity contribution in [2.45, 2.75) is 219 Å². The lowest BCUT2D eigenvalue weighted by Crippen LogP contribution is -2.46. The summed E-state index contributed by atoms with van der Waals surface area (Å²) in [6.45, 7) is 4.51. The minimum absolute atomic E-state index is 0.277. The first-order valence-electron chi connectivity index (χ1n) is 22.0. The predicted octanol–water partition coefficient (Wildman–Crippen LogP) is 13.2. The van der Waals surface area contributed by atoms with E-state index in [1.54, 1.807) is 0 Å². The molecule has 0 saturated heterocycles. The van der Waals surface area contributed by atoms with E-state index in [0.717, 1.165) is 57.8 Å². The second-order valence-corrected chi connectivity index (χ2v) is 16.5. The lowest BCUT2D eigenvalue weighted by Gasteiger charge is -2.21. The number of allylic oxidation sites excluding steroid dienone is 9. The Morgan fingerprint density at radius 1 is 0.509 bits per heavy atom. The van der Waals surface area contributed by atoms with Crippen molar-refractivity contribution in [1.29, 1.82) is 0 Å².